The monoisotopic (exact) mass is 271 g/mol. The molecular formula is C16H21N3O. The van der Waals surface area contributed by atoms with Gasteiger partial charge in [0.05, 0.1) is 6.61 Å². The lowest BCUT2D eigenvalue weighted by Crippen LogP contribution is -2.18. The van der Waals surface area contributed by atoms with E-state index in [0.29, 0.717) is 6.61 Å². The fraction of sp³-hybridized carbons (Fsp3) is 0.375. The minimum Gasteiger partial charge on any atom is -0.383 e. The summed E-state index contributed by atoms with van der Waals surface area (Å²) in [6.45, 7) is 4.41. The van der Waals surface area contributed by atoms with Crippen molar-refractivity contribution in [1.82, 2.24) is 15.3 Å². The Morgan fingerprint density at radius 1 is 1.05 bits per heavy atom. The van der Waals surface area contributed by atoms with Crippen molar-refractivity contribution in [3.05, 3.63) is 59.2 Å². The van der Waals surface area contributed by atoms with E-state index >= 15 is 0 Å². The third-order valence-electron chi connectivity index (χ3n) is 3.05. The molecule has 0 radical (unpaired) electrons. The Balaban J connectivity index is 1.86. The number of hydrogen-bond acceptors (Lipinski definition) is 4. The normalized spacial score (nSPS) is 10.7. The van der Waals surface area contributed by atoms with E-state index in [1.165, 1.54) is 11.1 Å². The molecule has 4 heteroatoms. The van der Waals surface area contributed by atoms with E-state index < -0.39 is 0 Å². The number of ether oxygens (including phenoxy) is 1. The Morgan fingerprint density at radius 3 is 2.40 bits per heavy atom. The third kappa shape index (κ3) is 4.72. The van der Waals surface area contributed by atoms with E-state index in [1.54, 1.807) is 7.11 Å². The standard InChI is InChI=1S/C16H21N3O/c1-13-3-5-14(6-4-13)9-16-18-11-15(12-19-16)10-17-7-8-20-2/h3-6,11-12,17H,7-10H2,1-2H3. The van der Waals surface area contributed by atoms with Crippen LogP contribution in [0.3, 0.4) is 0 Å². The van der Waals surface area contributed by atoms with Gasteiger partial charge in [-0.1, -0.05) is 29.8 Å². The molecule has 1 N–H and O–H groups in total. The fourth-order valence-corrected chi connectivity index (χ4v) is 1.86. The minimum absolute atomic E-state index is 0.715. The summed E-state index contributed by atoms with van der Waals surface area (Å²) in [6.07, 6.45) is 4.55. The van der Waals surface area contributed by atoms with Crippen LogP contribution in [0.2, 0.25) is 0 Å². The highest BCUT2D eigenvalue weighted by molar-refractivity contribution is 5.24. The lowest BCUT2D eigenvalue weighted by atomic mass is 10.1. The topological polar surface area (TPSA) is 47.0 Å². The molecule has 20 heavy (non-hydrogen) atoms. The highest BCUT2D eigenvalue weighted by Crippen LogP contribution is 2.07. The smallest absolute Gasteiger partial charge is 0.132 e. The molecule has 106 valence electrons. The number of methoxy groups -OCH3 is 1. The number of aryl methyl sites for hydroxylation is 1. The molecule has 0 amide bonds. The number of benzene rings is 1. The molecule has 0 atom stereocenters. The summed E-state index contributed by atoms with van der Waals surface area (Å²) in [4.78, 5) is 8.83. The van der Waals surface area contributed by atoms with E-state index in [-0.39, 0.29) is 0 Å². The van der Waals surface area contributed by atoms with E-state index in [0.717, 1.165) is 30.9 Å². The summed E-state index contributed by atoms with van der Waals surface area (Å²) in [5.41, 5.74) is 3.60. The summed E-state index contributed by atoms with van der Waals surface area (Å²) >= 11 is 0. The Morgan fingerprint density at radius 2 is 1.75 bits per heavy atom. The van der Waals surface area contributed by atoms with Crippen molar-refractivity contribution in [2.45, 2.75) is 19.9 Å². The van der Waals surface area contributed by atoms with Crippen LogP contribution in [0.25, 0.3) is 0 Å². The van der Waals surface area contributed by atoms with E-state index in [1.807, 2.05) is 12.4 Å². The molecule has 1 aromatic carbocycles. The van der Waals surface area contributed by atoms with Crippen LogP contribution >= 0.6 is 0 Å². The molecular weight excluding hydrogens is 250 g/mol. The van der Waals surface area contributed by atoms with Gasteiger partial charge in [-0.3, -0.25) is 0 Å². The zero-order valence-corrected chi connectivity index (χ0v) is 12.1. The molecule has 0 bridgehead atoms. The number of nitrogens with zero attached hydrogens (tertiary/aromatic N) is 2. The molecule has 0 aliphatic carbocycles. The van der Waals surface area contributed by atoms with E-state index in [2.05, 4.69) is 46.5 Å². The maximum Gasteiger partial charge on any atom is 0.132 e. The number of hydrogen-bond donors (Lipinski definition) is 1. The number of rotatable bonds is 7. The molecule has 0 aliphatic rings. The average molecular weight is 271 g/mol. The quantitative estimate of drug-likeness (QED) is 0.784. The summed E-state index contributed by atoms with van der Waals surface area (Å²) < 4.78 is 4.98. The Kier molecular flexibility index (Phi) is 5.65. The number of nitrogens with one attached hydrogen (secondary N) is 1. The minimum atomic E-state index is 0.715. The van der Waals surface area contributed by atoms with Gasteiger partial charge in [0.1, 0.15) is 5.82 Å². The summed E-state index contributed by atoms with van der Waals surface area (Å²) in [7, 11) is 1.70. The molecule has 4 nitrogen and oxygen atoms in total. The molecule has 0 spiro atoms. The van der Waals surface area contributed by atoms with Gasteiger partial charge < -0.3 is 10.1 Å². The second-order valence-corrected chi connectivity index (χ2v) is 4.84. The molecule has 1 aromatic heterocycles. The van der Waals surface area contributed by atoms with Gasteiger partial charge in [0, 0.05) is 44.6 Å². The lowest BCUT2D eigenvalue weighted by Gasteiger charge is -2.05. The van der Waals surface area contributed by atoms with Crippen LogP contribution in [0.4, 0.5) is 0 Å². The zero-order chi connectivity index (χ0) is 14.2. The van der Waals surface area contributed by atoms with Crippen LogP contribution in [-0.2, 0) is 17.7 Å². The molecule has 0 unspecified atom stereocenters. The van der Waals surface area contributed by atoms with Crippen molar-refractivity contribution in [2.24, 2.45) is 0 Å². The van der Waals surface area contributed by atoms with Crippen LogP contribution < -0.4 is 5.32 Å². The first-order valence-electron chi connectivity index (χ1n) is 6.83. The second kappa shape index (κ2) is 7.72. The SMILES string of the molecule is COCCNCc1cnc(Cc2ccc(C)cc2)nc1. The molecule has 2 rings (SSSR count). The second-order valence-electron chi connectivity index (χ2n) is 4.84. The molecule has 0 fully saturated rings. The van der Waals surface area contributed by atoms with Gasteiger partial charge in [-0.25, -0.2) is 9.97 Å². The fourth-order valence-electron chi connectivity index (χ4n) is 1.86. The largest absolute Gasteiger partial charge is 0.383 e. The van der Waals surface area contributed by atoms with Gasteiger partial charge in [-0.2, -0.15) is 0 Å². The van der Waals surface area contributed by atoms with Crippen LogP contribution in [0.15, 0.2) is 36.7 Å². The van der Waals surface area contributed by atoms with Gasteiger partial charge in [0.15, 0.2) is 0 Å². The van der Waals surface area contributed by atoms with Crippen LogP contribution in [0, 0.1) is 6.92 Å². The summed E-state index contributed by atoms with van der Waals surface area (Å²) in [6, 6.07) is 8.48. The first-order valence-corrected chi connectivity index (χ1v) is 6.83. The highest BCUT2D eigenvalue weighted by Gasteiger charge is 2.00. The van der Waals surface area contributed by atoms with Crippen molar-refractivity contribution >= 4 is 0 Å². The summed E-state index contributed by atoms with van der Waals surface area (Å²) in [5.74, 6) is 0.856. The van der Waals surface area contributed by atoms with E-state index in [4.69, 9.17) is 4.74 Å². The van der Waals surface area contributed by atoms with Crippen LogP contribution in [0.5, 0.6) is 0 Å². The van der Waals surface area contributed by atoms with Crippen LogP contribution in [0.1, 0.15) is 22.5 Å². The van der Waals surface area contributed by atoms with Gasteiger partial charge in [-0.05, 0) is 12.5 Å². The molecule has 2 aromatic rings. The summed E-state index contributed by atoms with van der Waals surface area (Å²) in [5, 5.41) is 3.27. The van der Waals surface area contributed by atoms with Crippen molar-refractivity contribution in [3.63, 3.8) is 0 Å². The average Bonchev–Trinajstić information content (AvgIpc) is 2.48. The Labute approximate surface area is 120 Å². The van der Waals surface area contributed by atoms with Crippen molar-refractivity contribution in [1.29, 1.82) is 0 Å². The molecule has 0 aliphatic heterocycles. The van der Waals surface area contributed by atoms with E-state index in [9.17, 15) is 0 Å². The maximum atomic E-state index is 4.98. The van der Waals surface area contributed by atoms with Crippen molar-refractivity contribution < 1.29 is 4.74 Å². The third-order valence-corrected chi connectivity index (χ3v) is 3.05. The van der Waals surface area contributed by atoms with Crippen molar-refractivity contribution in [3.8, 4) is 0 Å². The predicted octanol–water partition coefficient (Wildman–Crippen LogP) is 2.11. The van der Waals surface area contributed by atoms with Gasteiger partial charge in [-0.15, -0.1) is 0 Å². The zero-order valence-electron chi connectivity index (χ0n) is 12.1. The molecule has 1 heterocycles. The van der Waals surface area contributed by atoms with Gasteiger partial charge in [0.2, 0.25) is 0 Å². The maximum absolute atomic E-state index is 4.98. The lowest BCUT2D eigenvalue weighted by molar-refractivity contribution is 0.199. The molecule has 0 saturated heterocycles. The first kappa shape index (κ1) is 14.6. The molecule has 0 saturated carbocycles. The highest BCUT2D eigenvalue weighted by atomic mass is 16.5. The Bertz CT molecular complexity index is 508. The van der Waals surface area contributed by atoms with Crippen molar-refractivity contribution in [2.75, 3.05) is 20.3 Å². The first-order chi connectivity index (χ1) is 9.78. The van der Waals surface area contributed by atoms with Gasteiger partial charge in [0.25, 0.3) is 0 Å². The van der Waals surface area contributed by atoms with Crippen LogP contribution in [-0.4, -0.2) is 30.2 Å². The Hall–Kier alpha value is -1.78. The predicted molar refractivity (Wildman–Crippen MR) is 79.6 cm³/mol. The number of aromatic nitrogens is 2. The van der Waals surface area contributed by atoms with Gasteiger partial charge >= 0.3 is 0 Å².